The Morgan fingerprint density at radius 3 is 2.34 bits per heavy atom. The van der Waals surface area contributed by atoms with Gasteiger partial charge in [0.1, 0.15) is 12.4 Å². The van der Waals surface area contributed by atoms with Crippen LogP contribution in [0.25, 0.3) is 11.2 Å². The SMILES string of the molecule is CCCCn1c(=O)[nH]c(=O)c2c1nc(COC(=O)c1ccc(C(F)(F)F)cc1)n2CCC. The number of hydrogen-bond acceptors (Lipinski definition) is 5. The van der Waals surface area contributed by atoms with E-state index in [-0.39, 0.29) is 29.2 Å². The van der Waals surface area contributed by atoms with E-state index in [0.717, 1.165) is 30.7 Å². The lowest BCUT2D eigenvalue weighted by Gasteiger charge is -2.09. The maximum Gasteiger partial charge on any atom is 0.416 e. The van der Waals surface area contributed by atoms with E-state index in [2.05, 4.69) is 9.97 Å². The van der Waals surface area contributed by atoms with Crippen LogP contribution in [0.5, 0.6) is 0 Å². The number of nitrogens with one attached hydrogen (secondary N) is 1. The normalized spacial score (nSPS) is 11.8. The number of carbonyl (C=O) groups is 1. The highest BCUT2D eigenvalue weighted by Gasteiger charge is 2.30. The van der Waals surface area contributed by atoms with Gasteiger partial charge in [0.05, 0.1) is 11.1 Å². The fourth-order valence-corrected chi connectivity index (χ4v) is 3.32. The Morgan fingerprint density at radius 1 is 1.06 bits per heavy atom. The van der Waals surface area contributed by atoms with Crippen molar-refractivity contribution >= 4 is 17.1 Å². The van der Waals surface area contributed by atoms with Gasteiger partial charge in [0.15, 0.2) is 11.2 Å². The van der Waals surface area contributed by atoms with Gasteiger partial charge in [0.2, 0.25) is 0 Å². The summed E-state index contributed by atoms with van der Waals surface area (Å²) in [6.45, 7) is 4.33. The van der Waals surface area contributed by atoms with Crippen molar-refractivity contribution in [3.63, 3.8) is 0 Å². The minimum atomic E-state index is -4.51. The number of imidazole rings is 1. The molecule has 0 saturated heterocycles. The van der Waals surface area contributed by atoms with Crippen LogP contribution in [-0.4, -0.2) is 25.1 Å². The molecule has 0 aliphatic heterocycles. The maximum atomic E-state index is 12.7. The molecule has 2 heterocycles. The Labute approximate surface area is 180 Å². The molecule has 11 heteroatoms. The zero-order valence-electron chi connectivity index (χ0n) is 17.7. The number of esters is 1. The molecular formula is C21H23F3N4O4. The molecule has 8 nitrogen and oxygen atoms in total. The van der Waals surface area contributed by atoms with Crippen molar-refractivity contribution in [2.75, 3.05) is 0 Å². The van der Waals surface area contributed by atoms with Crippen molar-refractivity contribution in [2.45, 2.75) is 59.0 Å². The van der Waals surface area contributed by atoms with E-state index in [9.17, 15) is 27.6 Å². The average Bonchev–Trinajstić information content (AvgIpc) is 3.10. The second kappa shape index (κ2) is 9.41. The highest BCUT2D eigenvalue weighted by atomic mass is 19.4. The number of aryl methyl sites for hydroxylation is 2. The number of hydrogen-bond donors (Lipinski definition) is 1. The van der Waals surface area contributed by atoms with Crippen LogP contribution in [0.4, 0.5) is 13.2 Å². The first kappa shape index (κ1) is 23.3. The van der Waals surface area contributed by atoms with Crippen LogP contribution in [0.15, 0.2) is 33.9 Å². The lowest BCUT2D eigenvalue weighted by Crippen LogP contribution is -2.31. The molecule has 172 valence electrons. The van der Waals surface area contributed by atoms with Crippen molar-refractivity contribution in [1.29, 1.82) is 0 Å². The molecule has 3 rings (SSSR count). The summed E-state index contributed by atoms with van der Waals surface area (Å²) >= 11 is 0. The number of ether oxygens (including phenoxy) is 1. The van der Waals surface area contributed by atoms with Crippen molar-refractivity contribution in [2.24, 2.45) is 0 Å². The van der Waals surface area contributed by atoms with E-state index in [4.69, 9.17) is 4.74 Å². The van der Waals surface area contributed by atoms with Gasteiger partial charge in [0, 0.05) is 13.1 Å². The smallest absolute Gasteiger partial charge is 0.416 e. The minimum Gasteiger partial charge on any atom is -0.454 e. The summed E-state index contributed by atoms with van der Waals surface area (Å²) in [7, 11) is 0. The van der Waals surface area contributed by atoms with Crippen LogP contribution >= 0.6 is 0 Å². The zero-order chi connectivity index (χ0) is 23.5. The van der Waals surface area contributed by atoms with Crippen LogP contribution in [0.2, 0.25) is 0 Å². The number of nitrogens with zero attached hydrogens (tertiary/aromatic N) is 3. The van der Waals surface area contributed by atoms with Gasteiger partial charge < -0.3 is 9.30 Å². The standard InChI is InChI=1S/C21H23F3N4O4/c1-3-5-11-28-17-16(18(29)26-20(28)31)27(10-4-2)15(25-17)12-32-19(30)13-6-8-14(9-7-13)21(22,23)24/h6-9H,3-5,10-12H2,1-2H3,(H,26,29,31). The van der Waals surface area contributed by atoms with Crippen LogP contribution in [0, 0.1) is 0 Å². The third-order valence-corrected chi connectivity index (χ3v) is 4.93. The molecule has 1 aromatic carbocycles. The molecule has 0 aliphatic rings. The van der Waals surface area contributed by atoms with Crippen LogP contribution < -0.4 is 11.2 Å². The number of benzene rings is 1. The van der Waals surface area contributed by atoms with Gasteiger partial charge in [-0.1, -0.05) is 20.3 Å². The molecule has 1 N–H and O–H groups in total. The molecular weight excluding hydrogens is 429 g/mol. The number of aromatic amines is 1. The predicted molar refractivity (Wildman–Crippen MR) is 110 cm³/mol. The molecule has 32 heavy (non-hydrogen) atoms. The number of halogens is 3. The molecule has 0 aliphatic carbocycles. The van der Waals surface area contributed by atoms with Gasteiger partial charge in [-0.2, -0.15) is 13.2 Å². The number of rotatable bonds is 8. The number of aromatic nitrogens is 4. The van der Waals surface area contributed by atoms with E-state index in [1.54, 1.807) is 4.57 Å². The second-order valence-corrected chi connectivity index (χ2v) is 7.27. The van der Waals surface area contributed by atoms with Gasteiger partial charge >= 0.3 is 17.8 Å². The topological polar surface area (TPSA) is 99.0 Å². The van der Waals surface area contributed by atoms with Crippen LogP contribution in [0.1, 0.15) is 54.9 Å². The van der Waals surface area contributed by atoms with E-state index in [1.165, 1.54) is 4.57 Å². The number of unbranched alkanes of at least 4 members (excludes halogenated alkanes) is 1. The Bertz CT molecular complexity index is 1220. The van der Waals surface area contributed by atoms with E-state index >= 15 is 0 Å². The third kappa shape index (κ3) is 4.76. The summed E-state index contributed by atoms with van der Waals surface area (Å²) in [6, 6.07) is 3.67. The summed E-state index contributed by atoms with van der Waals surface area (Å²) in [6.07, 6.45) is -2.31. The summed E-state index contributed by atoms with van der Waals surface area (Å²) in [5, 5.41) is 0. The first-order valence-electron chi connectivity index (χ1n) is 10.2. The lowest BCUT2D eigenvalue weighted by atomic mass is 10.1. The lowest BCUT2D eigenvalue weighted by molar-refractivity contribution is -0.137. The van der Waals surface area contributed by atoms with Crippen molar-refractivity contribution in [3.8, 4) is 0 Å². The second-order valence-electron chi connectivity index (χ2n) is 7.27. The zero-order valence-corrected chi connectivity index (χ0v) is 17.7. The summed E-state index contributed by atoms with van der Waals surface area (Å²) in [5.74, 6) is -0.561. The van der Waals surface area contributed by atoms with Gasteiger partial charge in [0.25, 0.3) is 5.56 Å². The fraction of sp³-hybridized carbons (Fsp3) is 0.429. The Hall–Kier alpha value is -3.37. The van der Waals surface area contributed by atoms with E-state index in [0.29, 0.717) is 25.9 Å². The summed E-state index contributed by atoms with van der Waals surface area (Å²) in [5.41, 5.74) is -1.65. The molecule has 0 fully saturated rings. The highest BCUT2D eigenvalue weighted by Crippen LogP contribution is 2.29. The Balaban J connectivity index is 1.92. The largest absolute Gasteiger partial charge is 0.454 e. The van der Waals surface area contributed by atoms with Gasteiger partial charge in [-0.3, -0.25) is 14.3 Å². The number of alkyl halides is 3. The molecule has 3 aromatic rings. The van der Waals surface area contributed by atoms with Crippen LogP contribution in [-0.2, 0) is 30.6 Å². The minimum absolute atomic E-state index is 0.0474. The Kier molecular flexibility index (Phi) is 6.85. The van der Waals surface area contributed by atoms with Crippen molar-refractivity contribution in [3.05, 3.63) is 62.1 Å². The molecule has 0 amide bonds. The molecule has 0 radical (unpaired) electrons. The van der Waals surface area contributed by atoms with Crippen molar-refractivity contribution in [1.82, 2.24) is 19.1 Å². The third-order valence-electron chi connectivity index (χ3n) is 4.93. The molecule has 0 bridgehead atoms. The molecule has 2 aromatic heterocycles. The monoisotopic (exact) mass is 452 g/mol. The van der Waals surface area contributed by atoms with Crippen LogP contribution in [0.3, 0.4) is 0 Å². The number of H-pyrrole nitrogens is 1. The summed E-state index contributed by atoms with van der Waals surface area (Å²) in [4.78, 5) is 43.8. The molecule has 0 unspecified atom stereocenters. The number of carbonyl (C=O) groups excluding carboxylic acids is 1. The first-order valence-corrected chi connectivity index (χ1v) is 10.2. The molecule has 0 atom stereocenters. The van der Waals surface area contributed by atoms with E-state index in [1.807, 2.05) is 13.8 Å². The number of fused-ring (bicyclic) bond motifs is 1. The highest BCUT2D eigenvalue weighted by molar-refractivity contribution is 5.89. The van der Waals surface area contributed by atoms with Gasteiger partial charge in [-0.25, -0.2) is 14.6 Å². The van der Waals surface area contributed by atoms with Gasteiger partial charge in [-0.05, 0) is 37.1 Å². The predicted octanol–water partition coefficient (Wildman–Crippen LogP) is 3.47. The van der Waals surface area contributed by atoms with Gasteiger partial charge in [-0.15, -0.1) is 0 Å². The van der Waals surface area contributed by atoms with E-state index < -0.39 is 29.0 Å². The average molecular weight is 452 g/mol. The fourth-order valence-electron chi connectivity index (χ4n) is 3.32. The molecule has 0 saturated carbocycles. The first-order chi connectivity index (χ1) is 15.2. The Morgan fingerprint density at radius 2 is 1.75 bits per heavy atom. The molecule has 0 spiro atoms. The quantitative estimate of drug-likeness (QED) is 0.528. The van der Waals surface area contributed by atoms with Crippen molar-refractivity contribution < 1.29 is 22.7 Å². The maximum absolute atomic E-state index is 12.7. The summed E-state index contributed by atoms with van der Waals surface area (Å²) < 4.78 is 46.3.